The molecule has 0 saturated carbocycles. The van der Waals surface area contributed by atoms with E-state index in [9.17, 15) is 0 Å². The number of imidazole rings is 2. The van der Waals surface area contributed by atoms with Gasteiger partial charge in [-0.1, -0.05) is 12.8 Å². The molecule has 0 bridgehead atoms. The molecule has 5 heteroatoms. The van der Waals surface area contributed by atoms with Crippen LogP contribution in [0.25, 0.3) is 11.4 Å². The standard InChI is InChI=1S/C13H17N5/c1-4-6-11-16-12(10-8-15-9-17(10)3)13(14)18(11)7-5-2/h2,8-9H,4,6-7,14H2,1,3H3. The van der Waals surface area contributed by atoms with Crippen molar-refractivity contribution >= 4 is 5.82 Å². The Morgan fingerprint density at radius 1 is 1.50 bits per heavy atom. The third kappa shape index (κ3) is 1.97. The maximum absolute atomic E-state index is 6.14. The van der Waals surface area contributed by atoms with E-state index in [-0.39, 0.29) is 0 Å². The quantitative estimate of drug-likeness (QED) is 0.827. The van der Waals surface area contributed by atoms with Crippen LogP contribution in [0.1, 0.15) is 19.2 Å². The molecule has 94 valence electrons. The lowest BCUT2D eigenvalue weighted by molar-refractivity contribution is 0.733. The Bertz CT molecular complexity index is 585. The molecule has 2 aromatic rings. The summed E-state index contributed by atoms with van der Waals surface area (Å²) < 4.78 is 3.79. The van der Waals surface area contributed by atoms with Crippen molar-refractivity contribution in [2.24, 2.45) is 7.05 Å². The van der Waals surface area contributed by atoms with Crippen LogP contribution in [0.5, 0.6) is 0 Å². The Morgan fingerprint density at radius 2 is 2.28 bits per heavy atom. The van der Waals surface area contributed by atoms with Gasteiger partial charge in [0.2, 0.25) is 0 Å². The predicted molar refractivity (Wildman–Crippen MR) is 71.7 cm³/mol. The highest BCUT2D eigenvalue weighted by Crippen LogP contribution is 2.26. The highest BCUT2D eigenvalue weighted by Gasteiger charge is 2.17. The average Bonchev–Trinajstić information content (AvgIpc) is 2.88. The fourth-order valence-corrected chi connectivity index (χ4v) is 1.97. The Labute approximate surface area is 107 Å². The van der Waals surface area contributed by atoms with E-state index in [4.69, 9.17) is 12.2 Å². The van der Waals surface area contributed by atoms with Gasteiger partial charge in [0.25, 0.3) is 0 Å². The van der Waals surface area contributed by atoms with Gasteiger partial charge in [-0.05, 0) is 6.42 Å². The van der Waals surface area contributed by atoms with Crippen molar-refractivity contribution in [2.45, 2.75) is 26.3 Å². The normalized spacial score (nSPS) is 10.5. The fourth-order valence-electron chi connectivity index (χ4n) is 1.97. The average molecular weight is 243 g/mol. The van der Waals surface area contributed by atoms with Crippen LogP contribution >= 0.6 is 0 Å². The minimum atomic E-state index is 0.450. The molecular formula is C13H17N5. The third-order valence-electron chi connectivity index (χ3n) is 2.87. The molecule has 0 atom stereocenters. The van der Waals surface area contributed by atoms with Crippen molar-refractivity contribution < 1.29 is 0 Å². The zero-order valence-electron chi connectivity index (χ0n) is 10.7. The van der Waals surface area contributed by atoms with Gasteiger partial charge in [0.05, 0.1) is 24.8 Å². The molecule has 0 amide bonds. The second kappa shape index (κ2) is 4.96. The number of nitrogens with zero attached hydrogens (tertiary/aromatic N) is 4. The molecule has 0 spiro atoms. The highest BCUT2D eigenvalue weighted by atomic mass is 15.2. The summed E-state index contributed by atoms with van der Waals surface area (Å²) >= 11 is 0. The van der Waals surface area contributed by atoms with Gasteiger partial charge in [-0.2, -0.15) is 0 Å². The van der Waals surface area contributed by atoms with Crippen molar-refractivity contribution in [3.63, 3.8) is 0 Å². The molecule has 0 saturated heterocycles. The first kappa shape index (κ1) is 12.2. The van der Waals surface area contributed by atoms with Gasteiger partial charge in [-0.25, -0.2) is 9.97 Å². The van der Waals surface area contributed by atoms with Crippen LogP contribution in [0.3, 0.4) is 0 Å². The maximum Gasteiger partial charge on any atom is 0.134 e. The molecule has 0 aliphatic rings. The van der Waals surface area contributed by atoms with Gasteiger partial charge < -0.3 is 14.9 Å². The number of nitrogen functional groups attached to an aromatic ring is 1. The number of nitrogens with two attached hydrogens (primary N) is 1. The third-order valence-corrected chi connectivity index (χ3v) is 2.87. The molecule has 0 radical (unpaired) electrons. The number of terminal acetylenes is 1. The zero-order chi connectivity index (χ0) is 13.1. The summed E-state index contributed by atoms with van der Waals surface area (Å²) in [5.74, 6) is 4.16. The van der Waals surface area contributed by atoms with Crippen LogP contribution < -0.4 is 5.73 Å². The summed E-state index contributed by atoms with van der Waals surface area (Å²) in [6.07, 6.45) is 10.7. The molecule has 2 heterocycles. The lowest BCUT2D eigenvalue weighted by Gasteiger charge is -2.04. The molecule has 0 aliphatic carbocycles. The molecule has 2 rings (SSSR count). The van der Waals surface area contributed by atoms with Crippen molar-refractivity contribution in [1.29, 1.82) is 0 Å². The number of anilines is 1. The summed E-state index contributed by atoms with van der Waals surface area (Å²) in [6.45, 7) is 2.56. The largest absolute Gasteiger partial charge is 0.383 e. The zero-order valence-corrected chi connectivity index (χ0v) is 10.7. The molecule has 5 nitrogen and oxygen atoms in total. The van der Waals surface area contributed by atoms with E-state index in [1.165, 1.54) is 0 Å². The van der Waals surface area contributed by atoms with Crippen LogP contribution in [0.4, 0.5) is 5.82 Å². The molecule has 0 aliphatic heterocycles. The summed E-state index contributed by atoms with van der Waals surface area (Å²) in [6, 6.07) is 0. The van der Waals surface area contributed by atoms with Crippen LogP contribution in [-0.4, -0.2) is 19.1 Å². The first-order valence-corrected chi connectivity index (χ1v) is 5.94. The first-order valence-electron chi connectivity index (χ1n) is 5.94. The van der Waals surface area contributed by atoms with E-state index in [0.717, 1.165) is 30.1 Å². The van der Waals surface area contributed by atoms with Crippen molar-refractivity contribution in [1.82, 2.24) is 19.1 Å². The minimum Gasteiger partial charge on any atom is -0.383 e. The lowest BCUT2D eigenvalue weighted by atomic mass is 10.3. The summed E-state index contributed by atoms with van der Waals surface area (Å²) in [7, 11) is 1.92. The summed E-state index contributed by atoms with van der Waals surface area (Å²) in [4.78, 5) is 8.69. The second-order valence-electron chi connectivity index (χ2n) is 4.19. The molecule has 0 unspecified atom stereocenters. The van der Waals surface area contributed by atoms with Gasteiger partial charge >= 0.3 is 0 Å². The number of aryl methyl sites for hydroxylation is 2. The van der Waals surface area contributed by atoms with Gasteiger partial charge in [-0.3, -0.25) is 0 Å². The van der Waals surface area contributed by atoms with Crippen molar-refractivity contribution in [3.8, 4) is 23.7 Å². The highest BCUT2D eigenvalue weighted by molar-refractivity contribution is 5.68. The van der Waals surface area contributed by atoms with E-state index < -0.39 is 0 Å². The number of hydrogen-bond acceptors (Lipinski definition) is 3. The van der Waals surface area contributed by atoms with Gasteiger partial charge in [0.15, 0.2) is 0 Å². The monoisotopic (exact) mass is 243 g/mol. The van der Waals surface area contributed by atoms with Crippen molar-refractivity contribution in [3.05, 3.63) is 18.3 Å². The van der Waals surface area contributed by atoms with Crippen LogP contribution in [-0.2, 0) is 20.0 Å². The first-order chi connectivity index (χ1) is 8.69. The topological polar surface area (TPSA) is 61.7 Å². The van der Waals surface area contributed by atoms with E-state index in [0.29, 0.717) is 12.4 Å². The molecule has 2 N–H and O–H groups in total. The molecule has 2 aromatic heterocycles. The molecule has 0 aromatic carbocycles. The summed E-state index contributed by atoms with van der Waals surface area (Å²) in [5.41, 5.74) is 7.81. The van der Waals surface area contributed by atoms with Crippen molar-refractivity contribution in [2.75, 3.05) is 5.73 Å². The predicted octanol–water partition coefficient (Wildman–Crippen LogP) is 1.45. The van der Waals surface area contributed by atoms with Crippen LogP contribution in [0.2, 0.25) is 0 Å². The minimum absolute atomic E-state index is 0.450. The smallest absolute Gasteiger partial charge is 0.134 e. The Hall–Kier alpha value is -2.22. The SMILES string of the molecule is C#CCn1c(CCC)nc(-c2cncn2C)c1N. The lowest BCUT2D eigenvalue weighted by Crippen LogP contribution is -2.06. The van der Waals surface area contributed by atoms with E-state index in [1.54, 1.807) is 12.5 Å². The number of hydrogen-bond donors (Lipinski definition) is 1. The molecule has 18 heavy (non-hydrogen) atoms. The maximum atomic E-state index is 6.14. The molecule has 0 fully saturated rings. The second-order valence-corrected chi connectivity index (χ2v) is 4.19. The summed E-state index contributed by atoms with van der Waals surface area (Å²) in [5, 5.41) is 0. The Kier molecular flexibility index (Phi) is 3.38. The Morgan fingerprint density at radius 3 is 2.83 bits per heavy atom. The Balaban J connectivity index is 2.53. The van der Waals surface area contributed by atoms with Gasteiger partial charge in [-0.15, -0.1) is 6.42 Å². The van der Waals surface area contributed by atoms with E-state index >= 15 is 0 Å². The van der Waals surface area contributed by atoms with E-state index in [1.807, 2.05) is 16.2 Å². The van der Waals surface area contributed by atoms with Gasteiger partial charge in [0.1, 0.15) is 17.3 Å². The number of aromatic nitrogens is 4. The van der Waals surface area contributed by atoms with Crippen LogP contribution in [0.15, 0.2) is 12.5 Å². The fraction of sp³-hybridized carbons (Fsp3) is 0.385. The van der Waals surface area contributed by atoms with Crippen LogP contribution in [0, 0.1) is 12.3 Å². The molecular weight excluding hydrogens is 226 g/mol. The number of rotatable bonds is 4. The van der Waals surface area contributed by atoms with E-state index in [2.05, 4.69) is 22.8 Å². The van der Waals surface area contributed by atoms with Gasteiger partial charge in [0, 0.05) is 13.5 Å².